The van der Waals surface area contributed by atoms with Gasteiger partial charge in [-0.25, -0.2) is 4.98 Å². The number of hydrogen-bond donors (Lipinski definition) is 2. The summed E-state index contributed by atoms with van der Waals surface area (Å²) in [6.45, 7) is 6.12. The molecule has 0 bridgehead atoms. The fourth-order valence-corrected chi connectivity index (χ4v) is 1.95. The van der Waals surface area contributed by atoms with Crippen molar-refractivity contribution in [2.24, 2.45) is 5.92 Å². The minimum atomic E-state index is -0.492. The molecule has 1 atom stereocenters. The number of nitrogens with two attached hydrogens (primary N) is 1. The van der Waals surface area contributed by atoms with Crippen LogP contribution < -0.4 is 5.73 Å². The van der Waals surface area contributed by atoms with Gasteiger partial charge in [0.05, 0.1) is 6.10 Å². The Morgan fingerprint density at radius 3 is 2.47 bits per heavy atom. The predicted octanol–water partition coefficient (Wildman–Crippen LogP) is 2.44. The molecule has 1 rings (SSSR count). The van der Waals surface area contributed by atoms with Gasteiger partial charge in [0.1, 0.15) is 5.82 Å². The van der Waals surface area contributed by atoms with Gasteiger partial charge in [-0.05, 0) is 24.5 Å². The van der Waals surface area contributed by atoms with Crippen molar-refractivity contribution in [3.05, 3.63) is 23.4 Å². The summed E-state index contributed by atoms with van der Waals surface area (Å²) in [6.07, 6.45) is 3.08. The van der Waals surface area contributed by atoms with Gasteiger partial charge < -0.3 is 10.8 Å². The summed E-state index contributed by atoms with van der Waals surface area (Å²) in [5.74, 6) is 0.713. The summed E-state index contributed by atoms with van der Waals surface area (Å²) < 4.78 is 0. The largest absolute Gasteiger partial charge is 0.388 e. The van der Waals surface area contributed by atoms with Crippen molar-refractivity contribution in [1.29, 1.82) is 0 Å². The molecule has 3 nitrogen and oxygen atoms in total. The number of aliphatic hydroxyl groups is 1. The molecule has 0 aliphatic heterocycles. The highest BCUT2D eigenvalue weighted by atomic mass is 16.3. The zero-order valence-electron chi connectivity index (χ0n) is 9.70. The second-order valence-corrected chi connectivity index (χ2v) is 3.95. The van der Waals surface area contributed by atoms with E-state index in [0.717, 1.165) is 24.0 Å². The number of pyridine rings is 1. The van der Waals surface area contributed by atoms with E-state index >= 15 is 0 Å². The first kappa shape index (κ1) is 12.0. The quantitative estimate of drug-likeness (QED) is 0.799. The third kappa shape index (κ3) is 2.48. The van der Waals surface area contributed by atoms with Crippen molar-refractivity contribution in [2.45, 2.75) is 39.7 Å². The van der Waals surface area contributed by atoms with E-state index in [0.29, 0.717) is 5.82 Å². The van der Waals surface area contributed by atoms with Crippen molar-refractivity contribution in [3.8, 4) is 0 Å². The summed E-state index contributed by atoms with van der Waals surface area (Å²) in [5, 5.41) is 10.2. The van der Waals surface area contributed by atoms with Gasteiger partial charge >= 0.3 is 0 Å². The lowest BCUT2D eigenvalue weighted by atomic mass is 9.89. The van der Waals surface area contributed by atoms with Gasteiger partial charge in [0.25, 0.3) is 0 Å². The lowest BCUT2D eigenvalue weighted by Crippen LogP contribution is -2.15. The monoisotopic (exact) mass is 208 g/mol. The van der Waals surface area contributed by atoms with Gasteiger partial charge in [0.2, 0.25) is 0 Å². The summed E-state index contributed by atoms with van der Waals surface area (Å²) in [5.41, 5.74) is 7.61. The third-order valence-corrected chi connectivity index (χ3v) is 3.03. The normalized spacial score (nSPS) is 13.1. The van der Waals surface area contributed by atoms with Crippen LogP contribution in [0.2, 0.25) is 0 Å². The van der Waals surface area contributed by atoms with Crippen LogP contribution in [0.4, 0.5) is 5.82 Å². The zero-order valence-corrected chi connectivity index (χ0v) is 9.70. The second kappa shape index (κ2) is 5.12. The molecule has 15 heavy (non-hydrogen) atoms. The maximum absolute atomic E-state index is 10.2. The summed E-state index contributed by atoms with van der Waals surface area (Å²) in [6, 6.07) is 1.89. The van der Waals surface area contributed by atoms with Gasteiger partial charge in [0.15, 0.2) is 0 Å². The Labute approximate surface area is 91.3 Å². The fraction of sp³-hybridized carbons (Fsp3) is 0.583. The van der Waals surface area contributed by atoms with E-state index in [9.17, 15) is 5.11 Å². The Bertz CT molecular complexity index is 301. The topological polar surface area (TPSA) is 59.1 Å². The van der Waals surface area contributed by atoms with Crippen molar-refractivity contribution in [3.63, 3.8) is 0 Å². The average Bonchev–Trinajstić information content (AvgIpc) is 2.19. The molecular weight excluding hydrogens is 188 g/mol. The number of nitrogen functional groups attached to an aromatic ring is 1. The molecule has 3 heteroatoms. The maximum Gasteiger partial charge on any atom is 0.129 e. The Morgan fingerprint density at radius 1 is 1.40 bits per heavy atom. The summed E-state index contributed by atoms with van der Waals surface area (Å²) in [7, 11) is 0. The first-order chi connectivity index (χ1) is 7.11. The smallest absolute Gasteiger partial charge is 0.129 e. The van der Waals surface area contributed by atoms with E-state index in [1.807, 2.05) is 13.0 Å². The first-order valence-corrected chi connectivity index (χ1v) is 5.50. The lowest BCUT2D eigenvalue weighted by molar-refractivity contribution is 0.103. The number of aromatic nitrogens is 1. The van der Waals surface area contributed by atoms with Crippen molar-refractivity contribution < 1.29 is 5.11 Å². The number of aryl methyl sites for hydroxylation is 1. The van der Waals surface area contributed by atoms with Crippen LogP contribution in [-0.2, 0) is 0 Å². The lowest BCUT2D eigenvalue weighted by Gasteiger charge is -2.22. The minimum Gasteiger partial charge on any atom is -0.388 e. The number of rotatable bonds is 4. The molecule has 0 saturated carbocycles. The molecule has 1 heterocycles. The van der Waals surface area contributed by atoms with Crippen LogP contribution in [0.25, 0.3) is 0 Å². The van der Waals surface area contributed by atoms with E-state index in [1.165, 1.54) is 0 Å². The summed E-state index contributed by atoms with van der Waals surface area (Å²) in [4.78, 5) is 4.03. The minimum absolute atomic E-state index is 0.259. The van der Waals surface area contributed by atoms with Crippen molar-refractivity contribution in [2.75, 3.05) is 5.73 Å². The molecule has 84 valence electrons. The molecule has 0 radical (unpaired) electrons. The first-order valence-electron chi connectivity index (χ1n) is 5.50. The molecule has 0 aliphatic carbocycles. The molecule has 0 spiro atoms. The van der Waals surface area contributed by atoms with E-state index in [4.69, 9.17) is 5.73 Å². The predicted molar refractivity (Wildman–Crippen MR) is 62.4 cm³/mol. The van der Waals surface area contributed by atoms with Crippen LogP contribution in [0, 0.1) is 12.8 Å². The Hall–Kier alpha value is -1.09. The second-order valence-electron chi connectivity index (χ2n) is 3.95. The maximum atomic E-state index is 10.2. The van der Waals surface area contributed by atoms with Gasteiger partial charge in [-0.3, -0.25) is 0 Å². The van der Waals surface area contributed by atoms with E-state index in [2.05, 4.69) is 18.8 Å². The number of hydrogen-bond acceptors (Lipinski definition) is 3. The molecule has 0 saturated heterocycles. The number of nitrogens with zero attached hydrogens (tertiary/aromatic N) is 1. The van der Waals surface area contributed by atoms with Crippen LogP contribution >= 0.6 is 0 Å². The number of anilines is 1. The average molecular weight is 208 g/mol. The third-order valence-electron chi connectivity index (χ3n) is 3.03. The zero-order chi connectivity index (χ0) is 11.4. The van der Waals surface area contributed by atoms with Crippen LogP contribution in [0.5, 0.6) is 0 Å². The van der Waals surface area contributed by atoms with Crippen LogP contribution in [0.15, 0.2) is 12.3 Å². The molecule has 1 unspecified atom stereocenters. The van der Waals surface area contributed by atoms with Crippen molar-refractivity contribution in [1.82, 2.24) is 4.98 Å². The number of aliphatic hydroxyl groups excluding tert-OH is 1. The summed E-state index contributed by atoms with van der Waals surface area (Å²) >= 11 is 0. The molecule has 0 aromatic carbocycles. The van der Waals surface area contributed by atoms with Gasteiger partial charge in [-0.1, -0.05) is 26.7 Å². The van der Waals surface area contributed by atoms with E-state index in [1.54, 1.807) is 6.20 Å². The Balaban J connectivity index is 3.04. The molecule has 3 N–H and O–H groups in total. The Morgan fingerprint density at radius 2 is 2.00 bits per heavy atom. The Kier molecular flexibility index (Phi) is 4.09. The molecule has 0 fully saturated rings. The molecule has 0 aliphatic rings. The molecular formula is C12H20N2O. The fourth-order valence-electron chi connectivity index (χ4n) is 1.95. The van der Waals surface area contributed by atoms with Gasteiger partial charge in [-0.15, -0.1) is 0 Å². The van der Waals surface area contributed by atoms with Gasteiger partial charge in [-0.2, -0.15) is 0 Å². The van der Waals surface area contributed by atoms with Crippen LogP contribution in [0.1, 0.15) is 43.9 Å². The standard InChI is InChI=1S/C12H20N2O/c1-4-9(5-2)11(15)10-8(3)6-7-14-12(10)13/h6-7,9,11,15H,4-5H2,1-3H3,(H2,13,14). The van der Waals surface area contributed by atoms with E-state index < -0.39 is 6.10 Å². The highest BCUT2D eigenvalue weighted by molar-refractivity contribution is 5.45. The van der Waals surface area contributed by atoms with Crippen LogP contribution in [0.3, 0.4) is 0 Å². The molecule has 1 aromatic heterocycles. The molecule has 1 aromatic rings. The van der Waals surface area contributed by atoms with Crippen LogP contribution in [-0.4, -0.2) is 10.1 Å². The molecule has 0 amide bonds. The highest BCUT2D eigenvalue weighted by Crippen LogP contribution is 2.31. The van der Waals surface area contributed by atoms with Gasteiger partial charge in [0, 0.05) is 11.8 Å². The van der Waals surface area contributed by atoms with Crippen molar-refractivity contribution >= 4 is 5.82 Å². The van der Waals surface area contributed by atoms with E-state index in [-0.39, 0.29) is 5.92 Å². The SMILES string of the molecule is CCC(CC)C(O)c1c(C)ccnc1N. The highest BCUT2D eigenvalue weighted by Gasteiger charge is 2.21.